The van der Waals surface area contributed by atoms with Gasteiger partial charge in [0, 0.05) is 33.6 Å². The van der Waals surface area contributed by atoms with Gasteiger partial charge < -0.3 is 19.9 Å². The predicted molar refractivity (Wildman–Crippen MR) is 83.6 cm³/mol. The zero-order valence-electron chi connectivity index (χ0n) is 13.1. The summed E-state index contributed by atoms with van der Waals surface area (Å²) in [5.74, 6) is -0.0534. The van der Waals surface area contributed by atoms with E-state index in [0.717, 1.165) is 5.56 Å². The lowest BCUT2D eigenvalue weighted by Crippen LogP contribution is -2.54. The summed E-state index contributed by atoms with van der Waals surface area (Å²) < 4.78 is 5.28. The van der Waals surface area contributed by atoms with Crippen LogP contribution in [-0.4, -0.2) is 68.2 Å². The van der Waals surface area contributed by atoms with Gasteiger partial charge in [-0.3, -0.25) is 4.79 Å². The molecule has 1 N–H and O–H groups in total. The molecule has 1 saturated heterocycles. The molecule has 0 bridgehead atoms. The molecule has 1 aromatic rings. The van der Waals surface area contributed by atoms with Crippen molar-refractivity contribution in [2.45, 2.75) is 12.5 Å². The third kappa shape index (κ3) is 4.46. The van der Waals surface area contributed by atoms with Crippen molar-refractivity contribution in [2.24, 2.45) is 0 Å². The topological polar surface area (TPSA) is 61.9 Å². The largest absolute Gasteiger partial charge is 0.378 e. The predicted octanol–water partition coefficient (Wildman–Crippen LogP) is 0.728. The SMILES string of the molecule is CN(C)C(=O)N[C@@H](Cc1ccccc1)C(=O)N1CCOCC1. The fourth-order valence-electron chi connectivity index (χ4n) is 2.33. The summed E-state index contributed by atoms with van der Waals surface area (Å²) in [6.07, 6.45) is 0.483. The van der Waals surface area contributed by atoms with E-state index in [-0.39, 0.29) is 11.9 Å². The first-order valence-corrected chi connectivity index (χ1v) is 7.46. The number of rotatable bonds is 4. The van der Waals surface area contributed by atoms with Crippen molar-refractivity contribution in [1.82, 2.24) is 15.1 Å². The number of carbonyl (C=O) groups excluding carboxylic acids is 2. The van der Waals surface area contributed by atoms with Crippen LogP contribution in [0.2, 0.25) is 0 Å². The van der Waals surface area contributed by atoms with Crippen molar-refractivity contribution in [2.75, 3.05) is 40.4 Å². The zero-order chi connectivity index (χ0) is 15.9. The number of benzene rings is 1. The average molecular weight is 305 g/mol. The minimum absolute atomic E-state index is 0.0534. The van der Waals surface area contributed by atoms with Crippen LogP contribution in [0.15, 0.2) is 30.3 Å². The van der Waals surface area contributed by atoms with E-state index in [1.807, 2.05) is 30.3 Å². The van der Waals surface area contributed by atoms with Gasteiger partial charge in [0.2, 0.25) is 5.91 Å². The molecule has 1 aliphatic rings. The molecule has 1 heterocycles. The highest BCUT2D eigenvalue weighted by atomic mass is 16.5. The van der Waals surface area contributed by atoms with Crippen molar-refractivity contribution in [3.8, 4) is 0 Å². The van der Waals surface area contributed by atoms with Crippen LogP contribution in [0.5, 0.6) is 0 Å². The molecule has 1 aromatic carbocycles. The molecule has 2 rings (SSSR count). The Morgan fingerprint density at radius 1 is 1.23 bits per heavy atom. The van der Waals surface area contributed by atoms with Gasteiger partial charge >= 0.3 is 6.03 Å². The highest BCUT2D eigenvalue weighted by Crippen LogP contribution is 2.08. The Morgan fingerprint density at radius 3 is 2.45 bits per heavy atom. The van der Waals surface area contributed by atoms with Crippen LogP contribution < -0.4 is 5.32 Å². The molecular formula is C16H23N3O3. The number of carbonyl (C=O) groups is 2. The fraction of sp³-hybridized carbons (Fsp3) is 0.500. The molecular weight excluding hydrogens is 282 g/mol. The van der Waals surface area contributed by atoms with Gasteiger partial charge in [-0.2, -0.15) is 0 Å². The van der Waals surface area contributed by atoms with Crippen LogP contribution in [0.25, 0.3) is 0 Å². The Kier molecular flexibility index (Phi) is 5.77. The second-order valence-corrected chi connectivity index (χ2v) is 5.52. The van der Waals surface area contributed by atoms with E-state index in [1.54, 1.807) is 19.0 Å². The van der Waals surface area contributed by atoms with E-state index in [0.29, 0.717) is 32.7 Å². The van der Waals surface area contributed by atoms with Crippen LogP contribution in [0.1, 0.15) is 5.56 Å². The second kappa shape index (κ2) is 7.79. The Hall–Kier alpha value is -2.08. The van der Waals surface area contributed by atoms with Gasteiger partial charge in [0.1, 0.15) is 6.04 Å². The Bertz CT molecular complexity index is 499. The number of nitrogens with one attached hydrogen (secondary N) is 1. The monoisotopic (exact) mass is 305 g/mol. The first-order valence-electron chi connectivity index (χ1n) is 7.46. The van der Waals surface area contributed by atoms with Gasteiger partial charge in [-0.05, 0) is 5.56 Å². The summed E-state index contributed by atoms with van der Waals surface area (Å²) in [5.41, 5.74) is 1.02. The standard InChI is InChI=1S/C16H23N3O3/c1-18(2)16(21)17-14(12-13-6-4-3-5-7-13)15(20)19-8-10-22-11-9-19/h3-7,14H,8-12H2,1-2H3,(H,17,21)/t14-/m0/s1. The number of urea groups is 1. The van der Waals surface area contributed by atoms with E-state index in [1.165, 1.54) is 4.90 Å². The van der Waals surface area contributed by atoms with Crippen LogP contribution >= 0.6 is 0 Å². The van der Waals surface area contributed by atoms with E-state index in [4.69, 9.17) is 4.74 Å². The summed E-state index contributed by atoms with van der Waals surface area (Å²) in [7, 11) is 3.32. The third-order valence-corrected chi connectivity index (χ3v) is 3.61. The van der Waals surface area contributed by atoms with Gasteiger partial charge in [0.25, 0.3) is 0 Å². The smallest absolute Gasteiger partial charge is 0.317 e. The van der Waals surface area contributed by atoms with E-state index in [9.17, 15) is 9.59 Å². The molecule has 1 aliphatic heterocycles. The van der Waals surface area contributed by atoms with Crippen LogP contribution in [0, 0.1) is 0 Å². The minimum atomic E-state index is -0.560. The highest BCUT2D eigenvalue weighted by Gasteiger charge is 2.27. The summed E-state index contributed by atoms with van der Waals surface area (Å²) in [6.45, 7) is 2.24. The van der Waals surface area contributed by atoms with Gasteiger partial charge in [-0.25, -0.2) is 4.79 Å². The van der Waals surface area contributed by atoms with Crippen LogP contribution in [0.3, 0.4) is 0 Å². The second-order valence-electron chi connectivity index (χ2n) is 5.52. The molecule has 0 aliphatic carbocycles. The minimum Gasteiger partial charge on any atom is -0.378 e. The quantitative estimate of drug-likeness (QED) is 0.892. The number of nitrogens with zero attached hydrogens (tertiary/aromatic N) is 2. The number of hydrogen-bond donors (Lipinski definition) is 1. The van der Waals surface area contributed by atoms with Crippen molar-refractivity contribution in [3.63, 3.8) is 0 Å². The molecule has 6 heteroatoms. The number of ether oxygens (including phenoxy) is 1. The lowest BCUT2D eigenvalue weighted by molar-refractivity contribution is -0.137. The molecule has 0 radical (unpaired) electrons. The van der Waals surface area contributed by atoms with Gasteiger partial charge in [-0.15, -0.1) is 0 Å². The molecule has 3 amide bonds. The van der Waals surface area contributed by atoms with Gasteiger partial charge in [-0.1, -0.05) is 30.3 Å². The molecule has 120 valence electrons. The average Bonchev–Trinajstić information content (AvgIpc) is 2.55. The van der Waals surface area contributed by atoms with Crippen molar-refractivity contribution >= 4 is 11.9 Å². The highest BCUT2D eigenvalue weighted by molar-refractivity contribution is 5.87. The lowest BCUT2D eigenvalue weighted by atomic mass is 10.0. The molecule has 22 heavy (non-hydrogen) atoms. The summed E-state index contributed by atoms with van der Waals surface area (Å²) in [4.78, 5) is 27.8. The summed E-state index contributed by atoms with van der Waals surface area (Å²) in [5, 5.41) is 2.82. The zero-order valence-corrected chi connectivity index (χ0v) is 13.1. The molecule has 0 unspecified atom stereocenters. The number of hydrogen-bond acceptors (Lipinski definition) is 3. The molecule has 0 saturated carbocycles. The van der Waals surface area contributed by atoms with E-state index < -0.39 is 6.04 Å². The normalized spacial score (nSPS) is 16.0. The summed E-state index contributed by atoms with van der Waals surface area (Å²) in [6, 6.07) is 8.89. The number of morpholine rings is 1. The molecule has 1 fully saturated rings. The fourth-order valence-corrected chi connectivity index (χ4v) is 2.33. The summed E-state index contributed by atoms with van der Waals surface area (Å²) >= 11 is 0. The van der Waals surface area contributed by atoms with Gasteiger partial charge in [0.15, 0.2) is 0 Å². The molecule has 0 aromatic heterocycles. The first kappa shape index (κ1) is 16.3. The Labute approximate surface area is 131 Å². The van der Waals surface area contributed by atoms with E-state index >= 15 is 0 Å². The van der Waals surface area contributed by atoms with Crippen LogP contribution in [0.4, 0.5) is 4.79 Å². The van der Waals surface area contributed by atoms with Crippen molar-refractivity contribution < 1.29 is 14.3 Å². The molecule has 1 atom stereocenters. The maximum Gasteiger partial charge on any atom is 0.317 e. The number of amides is 3. The van der Waals surface area contributed by atoms with Crippen LogP contribution in [-0.2, 0) is 16.0 Å². The van der Waals surface area contributed by atoms with E-state index in [2.05, 4.69) is 5.32 Å². The van der Waals surface area contributed by atoms with Crippen molar-refractivity contribution in [1.29, 1.82) is 0 Å². The molecule has 6 nitrogen and oxygen atoms in total. The third-order valence-electron chi connectivity index (χ3n) is 3.61. The van der Waals surface area contributed by atoms with Crippen molar-refractivity contribution in [3.05, 3.63) is 35.9 Å². The Morgan fingerprint density at radius 2 is 1.86 bits per heavy atom. The van der Waals surface area contributed by atoms with Gasteiger partial charge in [0.05, 0.1) is 13.2 Å². The molecule has 0 spiro atoms. The first-order chi connectivity index (χ1) is 10.6. The maximum atomic E-state index is 12.7. The Balaban J connectivity index is 2.09. The maximum absolute atomic E-state index is 12.7. The lowest BCUT2D eigenvalue weighted by Gasteiger charge is -2.31.